The largest absolute Gasteiger partial charge is 0.320 e. The van der Waals surface area contributed by atoms with Crippen molar-refractivity contribution in [1.29, 1.82) is 0 Å². The Bertz CT molecular complexity index is 808. The van der Waals surface area contributed by atoms with E-state index in [9.17, 15) is 0 Å². The van der Waals surface area contributed by atoms with E-state index in [0.717, 1.165) is 10.0 Å². The molecule has 0 saturated heterocycles. The van der Waals surface area contributed by atoms with E-state index in [-0.39, 0.29) is 6.04 Å². The van der Waals surface area contributed by atoms with Gasteiger partial charge in [0, 0.05) is 4.47 Å². The number of benzene rings is 3. The molecule has 1 unspecified atom stereocenters. The molecule has 0 saturated carbocycles. The van der Waals surface area contributed by atoms with Gasteiger partial charge < -0.3 is 5.73 Å². The van der Waals surface area contributed by atoms with E-state index < -0.39 is 0 Å². The maximum Gasteiger partial charge on any atom is 0.0569 e. The Morgan fingerprint density at radius 1 is 0.762 bits per heavy atom. The lowest BCUT2D eigenvalue weighted by molar-refractivity contribution is 0.872. The van der Waals surface area contributed by atoms with Crippen LogP contribution >= 0.6 is 15.9 Å². The minimum Gasteiger partial charge on any atom is -0.320 e. The molecule has 21 heavy (non-hydrogen) atoms. The number of halogens is 1. The highest BCUT2D eigenvalue weighted by Crippen LogP contribution is 2.33. The van der Waals surface area contributed by atoms with E-state index in [1.165, 1.54) is 27.5 Å². The van der Waals surface area contributed by atoms with Gasteiger partial charge in [0.15, 0.2) is 0 Å². The summed E-state index contributed by atoms with van der Waals surface area (Å²) in [5, 5.41) is 2.51. The van der Waals surface area contributed by atoms with Crippen LogP contribution < -0.4 is 5.73 Å². The first-order valence-corrected chi connectivity index (χ1v) is 7.87. The molecule has 3 rings (SSSR count). The Kier molecular flexibility index (Phi) is 3.83. The third-order valence-corrected chi connectivity index (χ3v) is 5.15. The number of nitrogens with two attached hydrogens (primary N) is 1. The van der Waals surface area contributed by atoms with Crippen LogP contribution in [0.3, 0.4) is 0 Å². The summed E-state index contributed by atoms with van der Waals surface area (Å²) in [5.41, 5.74) is 11.4. The maximum absolute atomic E-state index is 6.57. The lowest BCUT2D eigenvalue weighted by Gasteiger charge is -2.18. The third-order valence-electron chi connectivity index (χ3n) is 4.07. The predicted molar refractivity (Wildman–Crippen MR) is 93.6 cm³/mol. The van der Waals surface area contributed by atoms with Crippen molar-refractivity contribution in [2.75, 3.05) is 0 Å². The van der Waals surface area contributed by atoms with Crippen molar-refractivity contribution in [2.45, 2.75) is 19.9 Å². The Morgan fingerprint density at radius 3 is 2.24 bits per heavy atom. The van der Waals surface area contributed by atoms with Gasteiger partial charge in [-0.1, -0.05) is 70.5 Å². The van der Waals surface area contributed by atoms with Gasteiger partial charge in [-0.25, -0.2) is 0 Å². The molecular formula is C19H18BrN. The van der Waals surface area contributed by atoms with Crippen LogP contribution in [0.1, 0.15) is 28.3 Å². The molecule has 0 spiro atoms. The van der Waals surface area contributed by atoms with Crippen LogP contribution in [0.4, 0.5) is 0 Å². The molecule has 1 nitrogen and oxygen atoms in total. The van der Waals surface area contributed by atoms with Gasteiger partial charge in [0.05, 0.1) is 6.04 Å². The highest BCUT2D eigenvalue weighted by molar-refractivity contribution is 9.10. The smallest absolute Gasteiger partial charge is 0.0569 e. The van der Waals surface area contributed by atoms with E-state index in [0.29, 0.717) is 0 Å². The Labute approximate surface area is 133 Å². The molecule has 0 heterocycles. The van der Waals surface area contributed by atoms with Gasteiger partial charge in [-0.15, -0.1) is 0 Å². The van der Waals surface area contributed by atoms with Crippen molar-refractivity contribution in [2.24, 2.45) is 5.73 Å². The minimum absolute atomic E-state index is 0.134. The Balaban J connectivity index is 2.21. The van der Waals surface area contributed by atoms with Gasteiger partial charge in [-0.2, -0.15) is 0 Å². The molecule has 0 aliphatic heterocycles. The second-order valence-corrected chi connectivity index (χ2v) is 6.27. The molecule has 0 bridgehead atoms. The molecule has 0 fully saturated rings. The molecule has 106 valence electrons. The molecule has 1 atom stereocenters. The molecule has 3 aromatic rings. The van der Waals surface area contributed by atoms with Crippen LogP contribution in [0.2, 0.25) is 0 Å². The summed E-state index contributed by atoms with van der Waals surface area (Å²) in [6, 6.07) is 18.9. The zero-order valence-electron chi connectivity index (χ0n) is 12.2. The SMILES string of the molecule is Cc1cccc(C(N)c2ccc(C)c3ccccc23)c1Br. The van der Waals surface area contributed by atoms with E-state index in [1.807, 2.05) is 0 Å². The van der Waals surface area contributed by atoms with Gasteiger partial charge in [0.25, 0.3) is 0 Å². The standard InChI is InChI=1S/C19H18BrN/c1-12-10-11-16(15-8-4-3-7-14(12)15)19(21)17-9-5-6-13(2)18(17)20/h3-11,19H,21H2,1-2H3. The van der Waals surface area contributed by atoms with E-state index >= 15 is 0 Å². The highest BCUT2D eigenvalue weighted by Gasteiger charge is 2.16. The lowest BCUT2D eigenvalue weighted by atomic mass is 9.92. The molecule has 2 heteroatoms. The van der Waals surface area contributed by atoms with Crippen molar-refractivity contribution < 1.29 is 0 Å². The molecule has 0 radical (unpaired) electrons. The summed E-state index contributed by atoms with van der Waals surface area (Å²) < 4.78 is 1.10. The average Bonchev–Trinajstić information content (AvgIpc) is 2.50. The molecule has 0 amide bonds. The second kappa shape index (κ2) is 5.63. The van der Waals surface area contributed by atoms with Gasteiger partial charge >= 0.3 is 0 Å². The number of aryl methyl sites for hydroxylation is 2. The van der Waals surface area contributed by atoms with Crippen molar-refractivity contribution in [3.8, 4) is 0 Å². The fraction of sp³-hybridized carbons (Fsp3) is 0.158. The molecule has 3 aromatic carbocycles. The Hall–Kier alpha value is -1.64. The van der Waals surface area contributed by atoms with Crippen molar-refractivity contribution in [3.05, 3.63) is 81.3 Å². The van der Waals surface area contributed by atoms with E-state index in [4.69, 9.17) is 5.73 Å². The molecule has 0 aliphatic carbocycles. The normalized spacial score (nSPS) is 12.6. The summed E-state index contributed by atoms with van der Waals surface area (Å²) in [6.07, 6.45) is 0. The van der Waals surface area contributed by atoms with Crippen LogP contribution in [0, 0.1) is 13.8 Å². The zero-order chi connectivity index (χ0) is 15.0. The number of fused-ring (bicyclic) bond motifs is 1. The van der Waals surface area contributed by atoms with Crippen LogP contribution in [0.15, 0.2) is 59.1 Å². The fourth-order valence-corrected chi connectivity index (χ4v) is 3.33. The first kappa shape index (κ1) is 14.3. The first-order chi connectivity index (χ1) is 10.1. The van der Waals surface area contributed by atoms with Gasteiger partial charge in [-0.05, 0) is 46.9 Å². The summed E-state index contributed by atoms with van der Waals surface area (Å²) in [7, 11) is 0. The molecule has 0 aromatic heterocycles. The zero-order valence-corrected chi connectivity index (χ0v) is 13.8. The van der Waals surface area contributed by atoms with Gasteiger partial charge in [0.1, 0.15) is 0 Å². The van der Waals surface area contributed by atoms with Crippen LogP contribution in [-0.4, -0.2) is 0 Å². The number of hydrogen-bond acceptors (Lipinski definition) is 1. The summed E-state index contributed by atoms with van der Waals surface area (Å²) in [5.74, 6) is 0. The van der Waals surface area contributed by atoms with Crippen molar-refractivity contribution in [1.82, 2.24) is 0 Å². The van der Waals surface area contributed by atoms with Crippen molar-refractivity contribution in [3.63, 3.8) is 0 Å². The van der Waals surface area contributed by atoms with Crippen LogP contribution in [0.25, 0.3) is 10.8 Å². The monoisotopic (exact) mass is 339 g/mol. The van der Waals surface area contributed by atoms with E-state index in [1.54, 1.807) is 0 Å². The second-order valence-electron chi connectivity index (χ2n) is 5.47. The average molecular weight is 340 g/mol. The highest BCUT2D eigenvalue weighted by atomic mass is 79.9. The maximum atomic E-state index is 6.57. The summed E-state index contributed by atoms with van der Waals surface area (Å²) in [4.78, 5) is 0. The van der Waals surface area contributed by atoms with Crippen LogP contribution in [-0.2, 0) is 0 Å². The van der Waals surface area contributed by atoms with Gasteiger partial charge in [0.2, 0.25) is 0 Å². The van der Waals surface area contributed by atoms with Gasteiger partial charge in [-0.3, -0.25) is 0 Å². The quantitative estimate of drug-likeness (QED) is 0.676. The summed E-state index contributed by atoms with van der Waals surface area (Å²) >= 11 is 3.68. The molecule has 2 N–H and O–H groups in total. The van der Waals surface area contributed by atoms with Crippen molar-refractivity contribution >= 4 is 26.7 Å². The third kappa shape index (κ3) is 2.50. The molecular weight excluding hydrogens is 322 g/mol. The summed E-state index contributed by atoms with van der Waals surface area (Å²) in [6.45, 7) is 4.23. The molecule has 0 aliphatic rings. The Morgan fingerprint density at radius 2 is 1.48 bits per heavy atom. The number of rotatable bonds is 2. The topological polar surface area (TPSA) is 26.0 Å². The fourth-order valence-electron chi connectivity index (χ4n) is 2.82. The van der Waals surface area contributed by atoms with E-state index in [2.05, 4.69) is 84.4 Å². The number of hydrogen-bond donors (Lipinski definition) is 1. The predicted octanol–water partition coefficient (Wildman–Crippen LogP) is 5.27. The first-order valence-electron chi connectivity index (χ1n) is 7.08. The van der Waals surface area contributed by atoms with Crippen LogP contribution in [0.5, 0.6) is 0 Å². The minimum atomic E-state index is -0.134. The lowest BCUT2D eigenvalue weighted by Crippen LogP contribution is -2.13.